The predicted octanol–water partition coefficient (Wildman–Crippen LogP) is 4.78. The van der Waals surface area contributed by atoms with Crippen LogP contribution in [0.25, 0.3) is 0 Å². The predicted molar refractivity (Wildman–Crippen MR) is 93.1 cm³/mol. The Labute approximate surface area is 138 Å². The summed E-state index contributed by atoms with van der Waals surface area (Å²) in [6.45, 7) is 1.96. The molecule has 0 unspecified atom stereocenters. The molecule has 0 saturated carbocycles. The first kappa shape index (κ1) is 19.1. The number of allylic oxidation sites excluding steroid dienone is 2. The molecule has 1 aromatic rings. The SMILES string of the molecule is CCCCCCC/C=C\[C@@H](C=O)[C@H](C[N+](=O)[O-])c1ccccc1. The van der Waals surface area contributed by atoms with E-state index in [1.54, 1.807) is 0 Å². The lowest BCUT2D eigenvalue weighted by Gasteiger charge is -2.17. The molecule has 0 N–H and O–H groups in total. The average molecular weight is 317 g/mol. The second kappa shape index (κ2) is 11.6. The third-order valence-electron chi connectivity index (χ3n) is 4.03. The van der Waals surface area contributed by atoms with Gasteiger partial charge in [0.2, 0.25) is 6.54 Å². The fourth-order valence-electron chi connectivity index (χ4n) is 2.70. The van der Waals surface area contributed by atoms with Gasteiger partial charge in [-0.1, -0.05) is 75.1 Å². The van der Waals surface area contributed by atoms with Gasteiger partial charge in [-0.2, -0.15) is 0 Å². The molecule has 23 heavy (non-hydrogen) atoms. The number of hydrogen-bond acceptors (Lipinski definition) is 3. The van der Waals surface area contributed by atoms with Crippen molar-refractivity contribution in [3.05, 3.63) is 58.2 Å². The molecule has 0 aliphatic rings. The molecule has 4 nitrogen and oxygen atoms in total. The maximum atomic E-state index is 11.4. The molecule has 0 amide bonds. The second-order valence-corrected chi connectivity index (χ2v) is 5.88. The second-order valence-electron chi connectivity index (χ2n) is 5.88. The van der Waals surface area contributed by atoms with Crippen molar-refractivity contribution in [2.24, 2.45) is 5.92 Å². The zero-order chi connectivity index (χ0) is 16.9. The van der Waals surface area contributed by atoms with Crippen molar-refractivity contribution < 1.29 is 9.72 Å². The summed E-state index contributed by atoms with van der Waals surface area (Å²) in [7, 11) is 0. The van der Waals surface area contributed by atoms with Gasteiger partial charge < -0.3 is 4.79 Å². The third kappa shape index (κ3) is 7.73. The van der Waals surface area contributed by atoms with Crippen LogP contribution in [0.3, 0.4) is 0 Å². The lowest BCUT2D eigenvalue weighted by molar-refractivity contribution is -0.484. The molecule has 4 heteroatoms. The molecule has 0 saturated heterocycles. The van der Waals surface area contributed by atoms with Crippen LogP contribution in [-0.4, -0.2) is 17.8 Å². The molecule has 126 valence electrons. The van der Waals surface area contributed by atoms with Gasteiger partial charge in [-0.3, -0.25) is 10.1 Å². The molecule has 0 aromatic heterocycles. The number of nitrogens with zero attached hydrogens (tertiary/aromatic N) is 1. The normalized spacial score (nSPS) is 13.8. The fraction of sp³-hybridized carbons (Fsp3) is 0.526. The summed E-state index contributed by atoms with van der Waals surface area (Å²) in [5.74, 6) is -0.849. The molecule has 0 heterocycles. The van der Waals surface area contributed by atoms with Gasteiger partial charge in [0.1, 0.15) is 6.29 Å². The van der Waals surface area contributed by atoms with Crippen LogP contribution in [0, 0.1) is 16.0 Å². The van der Waals surface area contributed by atoms with Crippen molar-refractivity contribution in [2.45, 2.75) is 51.4 Å². The van der Waals surface area contributed by atoms with Crippen molar-refractivity contribution in [3.63, 3.8) is 0 Å². The number of unbranched alkanes of at least 4 members (excludes halogenated alkanes) is 5. The molecule has 0 aliphatic heterocycles. The van der Waals surface area contributed by atoms with Gasteiger partial charge in [0.15, 0.2) is 0 Å². The Bertz CT molecular complexity index is 485. The van der Waals surface area contributed by atoms with E-state index >= 15 is 0 Å². The maximum absolute atomic E-state index is 11.4. The summed E-state index contributed by atoms with van der Waals surface area (Å²) in [5, 5.41) is 10.9. The van der Waals surface area contributed by atoms with E-state index in [0.29, 0.717) is 0 Å². The largest absolute Gasteiger partial charge is 0.303 e. The summed E-state index contributed by atoms with van der Waals surface area (Å²) in [4.78, 5) is 22.0. The van der Waals surface area contributed by atoms with Crippen LogP contribution in [0.1, 0.15) is 56.9 Å². The zero-order valence-electron chi connectivity index (χ0n) is 13.9. The summed E-state index contributed by atoms with van der Waals surface area (Å²) in [6, 6.07) is 9.27. The standard InChI is InChI=1S/C19H27NO3/c1-2-3-4-5-6-7-9-14-18(16-21)19(15-20(22)23)17-12-10-8-11-13-17/h8-14,16,18-19H,2-7,15H2,1H3/b14-9-/t18-,19+/m0/s1. The molecule has 1 aromatic carbocycles. The highest BCUT2D eigenvalue weighted by Crippen LogP contribution is 2.25. The van der Waals surface area contributed by atoms with Crippen LogP contribution in [0.15, 0.2) is 42.5 Å². The molecule has 0 aliphatic carbocycles. The minimum Gasteiger partial charge on any atom is -0.303 e. The highest BCUT2D eigenvalue weighted by molar-refractivity contribution is 5.59. The van der Waals surface area contributed by atoms with Crippen molar-refractivity contribution >= 4 is 6.29 Å². The Morgan fingerprint density at radius 1 is 1.13 bits per heavy atom. The number of benzene rings is 1. The Morgan fingerprint density at radius 3 is 2.43 bits per heavy atom. The Balaban J connectivity index is 2.63. The minimum atomic E-state index is -0.446. The van der Waals surface area contributed by atoms with E-state index in [1.165, 1.54) is 25.7 Å². The molecule has 2 atom stereocenters. The van der Waals surface area contributed by atoms with Gasteiger partial charge in [0, 0.05) is 10.8 Å². The number of nitro groups is 1. The van der Waals surface area contributed by atoms with Gasteiger partial charge in [0.05, 0.1) is 5.92 Å². The van der Waals surface area contributed by atoms with Crippen LogP contribution >= 0.6 is 0 Å². The maximum Gasteiger partial charge on any atom is 0.211 e. The van der Waals surface area contributed by atoms with Gasteiger partial charge in [-0.15, -0.1) is 0 Å². The summed E-state index contributed by atoms with van der Waals surface area (Å²) >= 11 is 0. The number of carbonyl (C=O) groups is 1. The van der Waals surface area contributed by atoms with Crippen LogP contribution in [0.2, 0.25) is 0 Å². The molecule has 1 rings (SSSR count). The molecule has 0 bridgehead atoms. The van der Waals surface area contributed by atoms with E-state index in [2.05, 4.69) is 6.92 Å². The van der Waals surface area contributed by atoms with E-state index in [9.17, 15) is 14.9 Å². The quantitative estimate of drug-likeness (QED) is 0.183. The highest BCUT2D eigenvalue weighted by atomic mass is 16.6. The van der Waals surface area contributed by atoms with Gasteiger partial charge in [0.25, 0.3) is 0 Å². The van der Waals surface area contributed by atoms with Crippen molar-refractivity contribution in [2.75, 3.05) is 6.54 Å². The summed E-state index contributed by atoms with van der Waals surface area (Å²) in [6.07, 6.45) is 11.6. The van der Waals surface area contributed by atoms with Crippen molar-refractivity contribution in [1.29, 1.82) is 0 Å². The molecule has 0 fully saturated rings. The highest BCUT2D eigenvalue weighted by Gasteiger charge is 2.25. The lowest BCUT2D eigenvalue weighted by atomic mass is 9.86. The minimum absolute atomic E-state index is 0.228. The van der Waals surface area contributed by atoms with Crippen LogP contribution in [0.5, 0.6) is 0 Å². The Kier molecular flexibility index (Phi) is 9.60. The van der Waals surface area contributed by atoms with E-state index in [0.717, 1.165) is 24.7 Å². The first-order valence-corrected chi connectivity index (χ1v) is 8.47. The number of aldehydes is 1. The zero-order valence-corrected chi connectivity index (χ0v) is 13.9. The van der Waals surface area contributed by atoms with E-state index in [4.69, 9.17) is 0 Å². The number of hydrogen-bond donors (Lipinski definition) is 0. The van der Waals surface area contributed by atoms with Gasteiger partial charge in [-0.25, -0.2) is 0 Å². The van der Waals surface area contributed by atoms with E-state index in [-0.39, 0.29) is 11.5 Å². The van der Waals surface area contributed by atoms with E-state index < -0.39 is 11.8 Å². The summed E-state index contributed by atoms with van der Waals surface area (Å²) in [5.41, 5.74) is 0.842. The van der Waals surface area contributed by atoms with E-state index in [1.807, 2.05) is 42.5 Å². The first-order chi connectivity index (χ1) is 11.2. The topological polar surface area (TPSA) is 60.2 Å². The summed E-state index contributed by atoms with van der Waals surface area (Å²) < 4.78 is 0. The first-order valence-electron chi connectivity index (χ1n) is 8.47. The Hall–Kier alpha value is -1.97. The Morgan fingerprint density at radius 2 is 1.83 bits per heavy atom. The number of carbonyl (C=O) groups excluding carboxylic acids is 1. The average Bonchev–Trinajstić information content (AvgIpc) is 2.56. The van der Waals surface area contributed by atoms with Crippen LogP contribution in [-0.2, 0) is 4.79 Å². The number of rotatable bonds is 12. The van der Waals surface area contributed by atoms with Gasteiger partial charge in [-0.05, 0) is 18.4 Å². The molecule has 0 radical (unpaired) electrons. The van der Waals surface area contributed by atoms with Crippen LogP contribution < -0.4 is 0 Å². The fourth-order valence-corrected chi connectivity index (χ4v) is 2.70. The molecule has 0 spiro atoms. The van der Waals surface area contributed by atoms with Gasteiger partial charge >= 0.3 is 0 Å². The monoisotopic (exact) mass is 317 g/mol. The van der Waals surface area contributed by atoms with Crippen molar-refractivity contribution in [1.82, 2.24) is 0 Å². The smallest absolute Gasteiger partial charge is 0.211 e. The lowest BCUT2D eigenvalue weighted by Crippen LogP contribution is -2.21. The molecular weight excluding hydrogens is 290 g/mol. The molecular formula is C19H27NO3. The van der Waals surface area contributed by atoms with Crippen molar-refractivity contribution in [3.8, 4) is 0 Å². The third-order valence-corrected chi connectivity index (χ3v) is 4.03. The van der Waals surface area contributed by atoms with Crippen LogP contribution in [0.4, 0.5) is 0 Å².